The lowest BCUT2D eigenvalue weighted by atomic mass is 9.60. The van der Waals surface area contributed by atoms with Crippen LogP contribution in [0.5, 0.6) is 0 Å². The number of hydrogen-bond donors (Lipinski definition) is 0. The van der Waals surface area contributed by atoms with Gasteiger partial charge in [0.2, 0.25) is 5.91 Å². The molecule has 0 radical (unpaired) electrons. The van der Waals surface area contributed by atoms with Gasteiger partial charge in [0.1, 0.15) is 17.1 Å². The van der Waals surface area contributed by atoms with Crippen LogP contribution in [-0.2, 0) is 20.5 Å². The molecule has 3 heteroatoms. The summed E-state index contributed by atoms with van der Waals surface area (Å²) in [5, 5.41) is 0. The Morgan fingerprint density at radius 2 is 1.00 bits per heavy atom. The molecule has 0 aliphatic carbocycles. The van der Waals surface area contributed by atoms with E-state index in [1.165, 1.54) is 5.56 Å². The topological polar surface area (TPSA) is 29.5 Å². The van der Waals surface area contributed by atoms with Crippen molar-refractivity contribution in [2.75, 3.05) is 4.90 Å². The van der Waals surface area contributed by atoms with Gasteiger partial charge in [-0.1, -0.05) is 169 Å². The van der Waals surface area contributed by atoms with Crippen LogP contribution in [0.4, 0.5) is 5.69 Å². The predicted octanol–water partition coefficient (Wildman–Crippen LogP) is 9.73. The highest BCUT2D eigenvalue weighted by molar-refractivity contribution is 6.07. The molecule has 1 amide bonds. The Balaban J connectivity index is 1.49. The van der Waals surface area contributed by atoms with Crippen LogP contribution in [0.15, 0.2) is 188 Å². The number of fused-ring (bicyclic) bond motifs is 1. The molecule has 0 aromatic heterocycles. The van der Waals surface area contributed by atoms with Crippen molar-refractivity contribution in [3.63, 3.8) is 0 Å². The fraction of sp³-hybridized carbons (Fsp3) is 0.133. The molecular formula is C45H37NO2. The van der Waals surface area contributed by atoms with Gasteiger partial charge in [0.05, 0.1) is 0 Å². The zero-order valence-corrected chi connectivity index (χ0v) is 26.9. The van der Waals surface area contributed by atoms with E-state index in [4.69, 9.17) is 4.74 Å². The van der Waals surface area contributed by atoms with E-state index in [9.17, 15) is 0 Å². The Labute approximate surface area is 282 Å². The number of nitrogens with zero attached hydrogens (tertiary/aromatic N) is 1. The Morgan fingerprint density at radius 1 is 0.562 bits per heavy atom. The Morgan fingerprint density at radius 3 is 1.48 bits per heavy atom. The fourth-order valence-corrected chi connectivity index (χ4v) is 7.88. The Hall–Kier alpha value is -5.51. The summed E-state index contributed by atoms with van der Waals surface area (Å²) in [7, 11) is 0. The van der Waals surface area contributed by atoms with Crippen molar-refractivity contribution in [1.82, 2.24) is 0 Å². The van der Waals surface area contributed by atoms with Crippen molar-refractivity contribution >= 4 is 11.6 Å². The largest absolute Gasteiger partial charge is 0.356 e. The molecule has 1 unspecified atom stereocenters. The number of carbonyl (C=O) groups excluding carboxylic acids is 1. The molecule has 48 heavy (non-hydrogen) atoms. The van der Waals surface area contributed by atoms with Crippen molar-refractivity contribution in [3.05, 3.63) is 221 Å². The van der Waals surface area contributed by atoms with Crippen molar-refractivity contribution in [2.24, 2.45) is 0 Å². The minimum atomic E-state index is -1.19. The summed E-state index contributed by atoms with van der Waals surface area (Å²) in [6.07, 6.45) is 2.12. The van der Waals surface area contributed by atoms with Gasteiger partial charge in [-0.25, -0.2) is 0 Å². The first-order valence-corrected chi connectivity index (χ1v) is 16.7. The summed E-state index contributed by atoms with van der Waals surface area (Å²) >= 11 is 0. The zero-order valence-electron chi connectivity index (χ0n) is 26.9. The Kier molecular flexibility index (Phi) is 7.63. The van der Waals surface area contributed by atoms with Gasteiger partial charge < -0.3 is 4.74 Å². The molecule has 1 saturated heterocycles. The second-order valence-corrected chi connectivity index (χ2v) is 12.9. The first-order chi connectivity index (χ1) is 23.6. The summed E-state index contributed by atoms with van der Waals surface area (Å²) in [5.41, 5.74) is 6.16. The first kappa shape index (κ1) is 29.9. The number of anilines is 1. The summed E-state index contributed by atoms with van der Waals surface area (Å²) in [4.78, 5) is 17.6. The maximum Gasteiger partial charge on any atom is 0.249 e. The smallest absolute Gasteiger partial charge is 0.249 e. The average molecular weight is 624 g/mol. The van der Waals surface area contributed by atoms with E-state index in [-0.39, 0.29) is 11.8 Å². The monoisotopic (exact) mass is 623 g/mol. The van der Waals surface area contributed by atoms with Crippen molar-refractivity contribution in [3.8, 4) is 0 Å². The molecule has 3 nitrogen and oxygen atoms in total. The van der Waals surface area contributed by atoms with Crippen LogP contribution in [0.25, 0.3) is 0 Å². The van der Waals surface area contributed by atoms with Gasteiger partial charge in [-0.15, -0.1) is 0 Å². The zero-order chi connectivity index (χ0) is 32.6. The molecule has 234 valence electrons. The van der Waals surface area contributed by atoms with E-state index in [2.05, 4.69) is 128 Å². The second-order valence-electron chi connectivity index (χ2n) is 12.9. The molecule has 1 fully saturated rings. The molecule has 6 aromatic rings. The molecule has 0 bridgehead atoms. The third-order valence-electron chi connectivity index (χ3n) is 10.2. The van der Waals surface area contributed by atoms with Gasteiger partial charge in [-0.2, -0.15) is 0 Å². The van der Waals surface area contributed by atoms with E-state index >= 15 is 4.79 Å². The molecule has 2 aliphatic rings. The van der Waals surface area contributed by atoms with Gasteiger partial charge >= 0.3 is 0 Å². The summed E-state index contributed by atoms with van der Waals surface area (Å²) in [6.45, 7) is 2.07. The molecule has 8 rings (SSSR count). The molecule has 2 aliphatic heterocycles. The quantitative estimate of drug-likeness (QED) is 0.185. The van der Waals surface area contributed by atoms with Crippen LogP contribution < -0.4 is 4.90 Å². The number of amides is 1. The fourth-order valence-electron chi connectivity index (χ4n) is 7.88. The van der Waals surface area contributed by atoms with Crippen LogP contribution >= 0.6 is 0 Å². The van der Waals surface area contributed by atoms with Crippen molar-refractivity contribution in [2.45, 2.75) is 36.4 Å². The third-order valence-corrected chi connectivity index (χ3v) is 10.2. The normalized spacial score (nSPS) is 19.6. The maximum atomic E-state index is 15.7. The highest BCUT2D eigenvalue weighted by atomic mass is 16.5. The molecule has 2 atom stereocenters. The van der Waals surface area contributed by atoms with Crippen LogP contribution in [-0.4, -0.2) is 12.0 Å². The third kappa shape index (κ3) is 4.82. The summed E-state index contributed by atoms with van der Waals surface area (Å²) < 4.78 is 7.78. The standard InChI is InChI=1S/C45H37NO2/c1-33-27-29-39(30-28-33)46-32-41-40(34-17-7-2-8-18-34)31-44(35-19-9-3-10-20-35,36-21-11-4-12-22-36)48-42(41)45(43(46)47,37-23-13-5-14-24-37)38-25-15-6-16-26-38/h2-30,32,40,42H,31H2,1H3/t40-,42?/m1/s1. The maximum absolute atomic E-state index is 15.7. The molecule has 0 N–H and O–H groups in total. The van der Waals surface area contributed by atoms with Crippen molar-refractivity contribution < 1.29 is 9.53 Å². The first-order valence-electron chi connectivity index (χ1n) is 16.7. The molecular weight excluding hydrogens is 587 g/mol. The Bertz CT molecular complexity index is 1960. The van der Waals surface area contributed by atoms with E-state index in [0.29, 0.717) is 6.42 Å². The predicted molar refractivity (Wildman–Crippen MR) is 193 cm³/mol. The van der Waals surface area contributed by atoms with Crippen LogP contribution in [0.1, 0.15) is 45.7 Å². The van der Waals surface area contributed by atoms with E-state index in [1.54, 1.807) is 0 Å². The number of aryl methyl sites for hydroxylation is 1. The van der Waals surface area contributed by atoms with Gasteiger partial charge in [0.25, 0.3) is 0 Å². The van der Waals surface area contributed by atoms with Gasteiger partial charge in [-0.3, -0.25) is 9.69 Å². The van der Waals surface area contributed by atoms with Crippen LogP contribution in [0.3, 0.4) is 0 Å². The van der Waals surface area contributed by atoms with Gasteiger partial charge in [0.15, 0.2) is 0 Å². The lowest BCUT2D eigenvalue weighted by Gasteiger charge is -2.55. The van der Waals surface area contributed by atoms with Gasteiger partial charge in [-0.05, 0) is 58.9 Å². The number of ether oxygens (including phenoxy) is 1. The lowest BCUT2D eigenvalue weighted by Crippen LogP contribution is -2.62. The second kappa shape index (κ2) is 12.3. The number of carbonyl (C=O) groups is 1. The number of benzene rings is 6. The molecule has 6 aromatic carbocycles. The van der Waals surface area contributed by atoms with Gasteiger partial charge in [0, 0.05) is 17.8 Å². The van der Waals surface area contributed by atoms with Crippen LogP contribution in [0, 0.1) is 6.92 Å². The number of rotatable bonds is 6. The van der Waals surface area contributed by atoms with Crippen molar-refractivity contribution in [1.29, 1.82) is 0 Å². The molecule has 0 spiro atoms. The van der Waals surface area contributed by atoms with E-state index in [1.807, 2.05) is 65.6 Å². The van der Waals surface area contributed by atoms with Crippen LogP contribution in [0.2, 0.25) is 0 Å². The molecule has 0 saturated carbocycles. The molecule has 2 heterocycles. The highest BCUT2D eigenvalue weighted by Crippen LogP contribution is 2.58. The summed E-state index contributed by atoms with van der Waals surface area (Å²) in [6, 6.07) is 60.5. The lowest BCUT2D eigenvalue weighted by molar-refractivity contribution is -0.143. The minimum absolute atomic E-state index is 0.0405. The van der Waals surface area contributed by atoms with E-state index in [0.717, 1.165) is 39.1 Å². The number of hydrogen-bond acceptors (Lipinski definition) is 2. The highest BCUT2D eigenvalue weighted by Gasteiger charge is 2.61. The SMILES string of the molecule is Cc1ccc(N2C=C3C(OC(c4ccccc4)(c4ccccc4)C[C@@H]3c3ccccc3)C(c3ccccc3)(c3ccccc3)C2=O)cc1. The van der Waals surface area contributed by atoms with E-state index < -0.39 is 17.1 Å². The summed E-state index contributed by atoms with van der Waals surface area (Å²) in [5.74, 6) is -0.0977. The average Bonchev–Trinajstić information content (AvgIpc) is 3.16. The minimum Gasteiger partial charge on any atom is -0.356 e.